The van der Waals surface area contributed by atoms with Crippen molar-refractivity contribution in [3.05, 3.63) is 90.3 Å². The highest BCUT2D eigenvalue weighted by Crippen LogP contribution is 2.39. The number of aryl methyl sites for hydroxylation is 1. The number of rotatable bonds is 2. The van der Waals surface area contributed by atoms with Gasteiger partial charge in [0.1, 0.15) is 22.7 Å². The van der Waals surface area contributed by atoms with Crippen LogP contribution in [-0.2, 0) is 5.41 Å². The van der Waals surface area contributed by atoms with Gasteiger partial charge in [-0.1, -0.05) is 57.2 Å². The lowest BCUT2D eigenvalue weighted by molar-refractivity contribution is 0.575. The van der Waals surface area contributed by atoms with Crippen LogP contribution in [0.15, 0.2) is 87.8 Å². The van der Waals surface area contributed by atoms with Crippen LogP contribution < -0.4 is 0 Å². The van der Waals surface area contributed by atoms with E-state index in [1.54, 1.807) is 0 Å². The fourth-order valence-electron chi connectivity index (χ4n) is 4.78. The summed E-state index contributed by atoms with van der Waals surface area (Å²) in [4.78, 5) is 4.80. The fraction of sp³-hybridized carbons (Fsp3) is 0.167. The zero-order chi connectivity index (χ0) is 22.7. The molecule has 0 bridgehead atoms. The van der Waals surface area contributed by atoms with E-state index in [0.29, 0.717) is 0 Å². The summed E-state index contributed by atoms with van der Waals surface area (Å²) in [5.41, 5.74) is 5.98. The molecule has 0 radical (unpaired) electrons. The monoisotopic (exact) mass is 431 g/mol. The van der Waals surface area contributed by atoms with Crippen molar-refractivity contribution in [3.8, 4) is 22.6 Å². The van der Waals surface area contributed by atoms with Gasteiger partial charge in [-0.05, 0) is 65.1 Å². The lowest BCUT2D eigenvalue weighted by atomic mass is 9.82. The van der Waals surface area contributed by atoms with E-state index in [9.17, 15) is 0 Å². The SMILES string of the molecule is Cc1cc2cccc(-c3cc4c(-c5cc(C(C)(C)C)c6ccccc6c5)nccc4o3)c2o1. The second kappa shape index (κ2) is 7.08. The minimum Gasteiger partial charge on any atom is -0.461 e. The normalized spacial score (nSPS) is 12.2. The molecular formula is C30H25NO2. The van der Waals surface area contributed by atoms with Gasteiger partial charge in [-0.3, -0.25) is 4.98 Å². The lowest BCUT2D eigenvalue weighted by Crippen LogP contribution is -2.12. The Hall–Kier alpha value is -3.85. The van der Waals surface area contributed by atoms with Crippen molar-refractivity contribution in [2.24, 2.45) is 0 Å². The molecule has 3 nitrogen and oxygen atoms in total. The molecule has 3 aromatic carbocycles. The van der Waals surface area contributed by atoms with Gasteiger partial charge < -0.3 is 8.83 Å². The summed E-state index contributed by atoms with van der Waals surface area (Å²) < 4.78 is 12.3. The van der Waals surface area contributed by atoms with Crippen LogP contribution >= 0.6 is 0 Å². The van der Waals surface area contributed by atoms with Crippen molar-refractivity contribution in [2.45, 2.75) is 33.1 Å². The first-order valence-electron chi connectivity index (χ1n) is 11.3. The van der Waals surface area contributed by atoms with Crippen LogP contribution in [-0.4, -0.2) is 4.98 Å². The van der Waals surface area contributed by atoms with Gasteiger partial charge in [0.05, 0.1) is 11.3 Å². The van der Waals surface area contributed by atoms with Crippen LogP contribution in [0.5, 0.6) is 0 Å². The van der Waals surface area contributed by atoms with Crippen LogP contribution in [0.1, 0.15) is 32.1 Å². The van der Waals surface area contributed by atoms with Gasteiger partial charge in [0.2, 0.25) is 0 Å². The highest BCUT2D eigenvalue weighted by Gasteiger charge is 2.20. The van der Waals surface area contributed by atoms with Crippen molar-refractivity contribution in [3.63, 3.8) is 0 Å². The zero-order valence-electron chi connectivity index (χ0n) is 19.3. The molecule has 3 aromatic heterocycles. The van der Waals surface area contributed by atoms with E-state index < -0.39 is 0 Å². The first-order valence-corrected chi connectivity index (χ1v) is 11.3. The predicted octanol–water partition coefficient (Wildman–Crippen LogP) is 8.67. The van der Waals surface area contributed by atoms with E-state index in [2.05, 4.69) is 75.4 Å². The maximum atomic E-state index is 6.32. The van der Waals surface area contributed by atoms with Crippen LogP contribution in [0.3, 0.4) is 0 Å². The fourth-order valence-corrected chi connectivity index (χ4v) is 4.78. The Labute approximate surface area is 192 Å². The summed E-state index contributed by atoms with van der Waals surface area (Å²) in [6.45, 7) is 8.74. The molecule has 33 heavy (non-hydrogen) atoms. The van der Waals surface area contributed by atoms with Crippen LogP contribution in [0.4, 0.5) is 0 Å². The van der Waals surface area contributed by atoms with Crippen LogP contribution in [0.25, 0.3) is 55.3 Å². The second-order valence-electron chi connectivity index (χ2n) is 9.76. The number of hydrogen-bond donors (Lipinski definition) is 0. The first kappa shape index (κ1) is 19.8. The third-order valence-corrected chi connectivity index (χ3v) is 6.32. The largest absolute Gasteiger partial charge is 0.461 e. The third kappa shape index (κ3) is 3.23. The molecule has 0 atom stereocenters. The molecule has 6 rings (SSSR count). The summed E-state index contributed by atoms with van der Waals surface area (Å²) in [7, 11) is 0. The molecular weight excluding hydrogens is 406 g/mol. The summed E-state index contributed by atoms with van der Waals surface area (Å²) in [6, 6.07) is 25.3. The van der Waals surface area contributed by atoms with Crippen molar-refractivity contribution in [2.75, 3.05) is 0 Å². The average molecular weight is 432 g/mol. The number of fused-ring (bicyclic) bond motifs is 3. The molecule has 3 heterocycles. The Bertz CT molecular complexity index is 1660. The van der Waals surface area contributed by atoms with E-state index in [4.69, 9.17) is 13.8 Å². The number of hydrogen-bond acceptors (Lipinski definition) is 3. The highest BCUT2D eigenvalue weighted by atomic mass is 16.3. The Morgan fingerprint density at radius 2 is 1.58 bits per heavy atom. The Morgan fingerprint density at radius 1 is 0.758 bits per heavy atom. The molecule has 0 saturated heterocycles. The Kier molecular flexibility index (Phi) is 4.25. The molecule has 0 saturated carbocycles. The summed E-state index contributed by atoms with van der Waals surface area (Å²) in [5, 5.41) is 4.59. The number of nitrogens with zero attached hydrogens (tertiary/aromatic N) is 1. The average Bonchev–Trinajstić information content (AvgIpc) is 3.39. The molecule has 0 spiro atoms. The van der Waals surface area contributed by atoms with E-state index in [1.165, 1.54) is 16.3 Å². The molecule has 162 valence electrons. The smallest absolute Gasteiger partial charge is 0.145 e. The van der Waals surface area contributed by atoms with Crippen molar-refractivity contribution < 1.29 is 8.83 Å². The number of pyridine rings is 1. The molecule has 3 heteroatoms. The summed E-state index contributed by atoms with van der Waals surface area (Å²) in [6.07, 6.45) is 1.83. The minimum absolute atomic E-state index is 0.0118. The molecule has 0 N–H and O–H groups in total. The highest BCUT2D eigenvalue weighted by molar-refractivity contribution is 6.00. The van der Waals surface area contributed by atoms with E-state index in [1.807, 2.05) is 31.3 Å². The second-order valence-corrected chi connectivity index (χ2v) is 9.76. The standard InChI is InChI=1S/C30H25NO2/c1-18-14-20-9-7-11-23(29(20)32-18)27-17-24-26(33-27)12-13-31-28(24)21-15-19-8-5-6-10-22(19)25(16-21)30(2,3)4/h5-17H,1-4H3. The number of para-hydroxylation sites is 1. The van der Waals surface area contributed by atoms with Crippen LogP contribution in [0, 0.1) is 6.92 Å². The molecule has 0 aliphatic rings. The van der Waals surface area contributed by atoms with E-state index >= 15 is 0 Å². The van der Waals surface area contributed by atoms with Gasteiger partial charge in [0.25, 0.3) is 0 Å². The molecule has 0 aliphatic heterocycles. The maximum Gasteiger partial charge on any atom is 0.145 e. The van der Waals surface area contributed by atoms with Crippen molar-refractivity contribution >= 4 is 32.7 Å². The molecule has 0 aliphatic carbocycles. The third-order valence-electron chi connectivity index (χ3n) is 6.32. The first-order chi connectivity index (χ1) is 15.9. The molecule has 6 aromatic rings. The Balaban J connectivity index is 1.59. The van der Waals surface area contributed by atoms with Crippen LogP contribution in [0.2, 0.25) is 0 Å². The number of benzene rings is 3. The molecule has 0 fully saturated rings. The quantitative estimate of drug-likeness (QED) is 0.275. The molecule has 0 unspecified atom stereocenters. The topological polar surface area (TPSA) is 39.2 Å². The summed E-state index contributed by atoms with van der Waals surface area (Å²) >= 11 is 0. The zero-order valence-corrected chi connectivity index (χ0v) is 19.3. The molecule has 0 amide bonds. The number of aromatic nitrogens is 1. The Morgan fingerprint density at radius 3 is 2.42 bits per heavy atom. The number of furan rings is 2. The lowest BCUT2D eigenvalue weighted by Gasteiger charge is -2.22. The van der Waals surface area contributed by atoms with Crippen molar-refractivity contribution in [1.82, 2.24) is 4.98 Å². The minimum atomic E-state index is 0.0118. The van der Waals surface area contributed by atoms with Gasteiger partial charge >= 0.3 is 0 Å². The van der Waals surface area contributed by atoms with E-state index in [0.717, 1.165) is 50.3 Å². The summed E-state index contributed by atoms with van der Waals surface area (Å²) in [5.74, 6) is 1.68. The van der Waals surface area contributed by atoms with Gasteiger partial charge in [-0.15, -0.1) is 0 Å². The van der Waals surface area contributed by atoms with Crippen molar-refractivity contribution in [1.29, 1.82) is 0 Å². The van der Waals surface area contributed by atoms with Gasteiger partial charge in [-0.2, -0.15) is 0 Å². The van der Waals surface area contributed by atoms with Gasteiger partial charge in [0.15, 0.2) is 0 Å². The maximum absolute atomic E-state index is 6.32. The van der Waals surface area contributed by atoms with E-state index in [-0.39, 0.29) is 5.41 Å². The van der Waals surface area contributed by atoms with Gasteiger partial charge in [0, 0.05) is 22.5 Å². The van der Waals surface area contributed by atoms with Gasteiger partial charge in [-0.25, -0.2) is 0 Å². The predicted molar refractivity (Wildman–Crippen MR) is 136 cm³/mol.